The highest BCUT2D eigenvalue weighted by molar-refractivity contribution is 5.79. The first-order valence-corrected chi connectivity index (χ1v) is 10.5. The molecule has 0 radical (unpaired) electrons. The number of carbonyl (C=O) groups excluding carboxylic acids is 1. The van der Waals surface area contributed by atoms with Crippen LogP contribution in [0, 0.1) is 12.8 Å². The Balaban J connectivity index is 1.66. The lowest BCUT2D eigenvalue weighted by Gasteiger charge is -2.34. The Bertz CT molecular complexity index is 1010. The zero-order chi connectivity index (χ0) is 20.5. The van der Waals surface area contributed by atoms with Crippen LogP contribution < -0.4 is 21.5 Å². The summed E-state index contributed by atoms with van der Waals surface area (Å²) in [7, 11) is 0. The molecule has 1 saturated carbocycles. The molecule has 1 aromatic carbocycles. The first-order chi connectivity index (χ1) is 14.0. The number of para-hydroxylation sites is 1. The van der Waals surface area contributed by atoms with Gasteiger partial charge in [-0.25, -0.2) is 4.79 Å². The molecule has 0 unspecified atom stereocenters. The van der Waals surface area contributed by atoms with Crippen molar-refractivity contribution in [1.82, 2.24) is 14.5 Å². The topological polar surface area (TPSA) is 76.3 Å². The number of rotatable bonds is 5. The molecule has 2 aliphatic rings. The summed E-state index contributed by atoms with van der Waals surface area (Å²) in [6, 6.07) is 9.78. The van der Waals surface area contributed by atoms with Crippen LogP contribution in [-0.4, -0.2) is 34.2 Å². The molecule has 154 valence electrons. The van der Waals surface area contributed by atoms with E-state index < -0.39 is 0 Å². The summed E-state index contributed by atoms with van der Waals surface area (Å²) in [5.41, 5.74) is 1.40. The maximum absolute atomic E-state index is 13.1. The van der Waals surface area contributed by atoms with Gasteiger partial charge >= 0.3 is 5.69 Å². The van der Waals surface area contributed by atoms with E-state index >= 15 is 0 Å². The SMILES string of the molecule is CCn1c(=O)c(N2CCC(C(=O)NC3CC3)CC2)c(C)n(-c2ccccc2)c1=O. The second-order valence-electron chi connectivity index (χ2n) is 7.98. The third kappa shape index (κ3) is 3.73. The van der Waals surface area contributed by atoms with E-state index in [2.05, 4.69) is 5.32 Å². The molecule has 4 rings (SSSR count). The highest BCUT2D eigenvalue weighted by atomic mass is 16.2. The molecule has 7 heteroatoms. The fourth-order valence-electron chi connectivity index (χ4n) is 4.18. The summed E-state index contributed by atoms with van der Waals surface area (Å²) in [5.74, 6) is 0.143. The number of carbonyl (C=O) groups is 1. The predicted octanol–water partition coefficient (Wildman–Crippen LogP) is 1.82. The summed E-state index contributed by atoms with van der Waals surface area (Å²) in [4.78, 5) is 40.5. The maximum Gasteiger partial charge on any atom is 0.335 e. The van der Waals surface area contributed by atoms with Crippen LogP contribution in [0.15, 0.2) is 39.9 Å². The van der Waals surface area contributed by atoms with Crippen LogP contribution in [0.25, 0.3) is 5.69 Å². The van der Waals surface area contributed by atoms with Crippen LogP contribution in [0.5, 0.6) is 0 Å². The number of nitrogens with zero attached hydrogens (tertiary/aromatic N) is 3. The van der Waals surface area contributed by atoms with Crippen molar-refractivity contribution in [2.24, 2.45) is 5.92 Å². The molecule has 7 nitrogen and oxygen atoms in total. The third-order valence-electron chi connectivity index (χ3n) is 5.98. The maximum atomic E-state index is 13.1. The van der Waals surface area contributed by atoms with Gasteiger partial charge in [-0.15, -0.1) is 0 Å². The minimum Gasteiger partial charge on any atom is -0.366 e. The molecule has 0 bridgehead atoms. The molecule has 0 spiro atoms. The Morgan fingerprint density at radius 3 is 2.31 bits per heavy atom. The molecule has 2 aromatic rings. The first-order valence-electron chi connectivity index (χ1n) is 10.5. The number of benzene rings is 1. The monoisotopic (exact) mass is 396 g/mol. The minimum atomic E-state index is -0.316. The second kappa shape index (κ2) is 7.89. The fourth-order valence-corrected chi connectivity index (χ4v) is 4.18. The van der Waals surface area contributed by atoms with Crippen molar-refractivity contribution in [3.05, 3.63) is 56.9 Å². The van der Waals surface area contributed by atoms with Crippen molar-refractivity contribution >= 4 is 11.6 Å². The highest BCUT2D eigenvalue weighted by Gasteiger charge is 2.31. The summed E-state index contributed by atoms with van der Waals surface area (Å²) < 4.78 is 2.91. The number of anilines is 1. The zero-order valence-electron chi connectivity index (χ0n) is 17.1. The van der Waals surface area contributed by atoms with E-state index in [0.717, 1.165) is 18.5 Å². The lowest BCUT2D eigenvalue weighted by molar-refractivity contribution is -0.125. The third-order valence-corrected chi connectivity index (χ3v) is 5.98. The van der Waals surface area contributed by atoms with Crippen LogP contribution in [-0.2, 0) is 11.3 Å². The molecule has 1 amide bonds. The predicted molar refractivity (Wildman–Crippen MR) is 113 cm³/mol. The van der Waals surface area contributed by atoms with Gasteiger partial charge in [0.15, 0.2) is 0 Å². The largest absolute Gasteiger partial charge is 0.366 e. The van der Waals surface area contributed by atoms with Crippen molar-refractivity contribution in [2.75, 3.05) is 18.0 Å². The summed E-state index contributed by atoms with van der Waals surface area (Å²) >= 11 is 0. The van der Waals surface area contributed by atoms with Gasteiger partial charge in [0.05, 0.1) is 11.4 Å². The summed E-state index contributed by atoms with van der Waals surface area (Å²) in [6.07, 6.45) is 3.60. The quantitative estimate of drug-likeness (QED) is 0.837. The second-order valence-corrected chi connectivity index (χ2v) is 7.98. The smallest absolute Gasteiger partial charge is 0.335 e. The molecular weight excluding hydrogens is 368 g/mol. The number of aromatic nitrogens is 2. The minimum absolute atomic E-state index is 0.000542. The van der Waals surface area contributed by atoms with E-state index in [1.54, 1.807) is 4.57 Å². The first kappa shape index (κ1) is 19.5. The van der Waals surface area contributed by atoms with Gasteiger partial charge in [0, 0.05) is 31.6 Å². The molecule has 1 N–H and O–H groups in total. The number of nitrogens with one attached hydrogen (secondary N) is 1. The van der Waals surface area contributed by atoms with Gasteiger partial charge in [-0.05, 0) is 51.7 Å². The van der Waals surface area contributed by atoms with Gasteiger partial charge in [-0.2, -0.15) is 0 Å². The van der Waals surface area contributed by atoms with E-state index in [0.29, 0.717) is 49.9 Å². The van der Waals surface area contributed by atoms with Gasteiger partial charge < -0.3 is 10.2 Å². The van der Waals surface area contributed by atoms with Gasteiger partial charge in [-0.1, -0.05) is 18.2 Å². The van der Waals surface area contributed by atoms with E-state index in [1.165, 1.54) is 4.57 Å². The van der Waals surface area contributed by atoms with Crippen molar-refractivity contribution < 1.29 is 4.79 Å². The van der Waals surface area contributed by atoms with Crippen molar-refractivity contribution in [3.63, 3.8) is 0 Å². The standard InChI is InChI=1S/C22H28N4O3/c1-3-25-21(28)19(15(2)26(22(25)29)18-7-5-4-6-8-18)24-13-11-16(12-14-24)20(27)23-17-9-10-17/h4-8,16-17H,3,9-14H2,1-2H3,(H,23,27). The van der Waals surface area contributed by atoms with Gasteiger partial charge in [0.2, 0.25) is 5.91 Å². The van der Waals surface area contributed by atoms with Crippen LogP contribution in [0.3, 0.4) is 0 Å². The molecule has 1 aliphatic carbocycles. The molecule has 1 aromatic heterocycles. The Labute approximate surface area is 170 Å². The van der Waals surface area contributed by atoms with Crippen molar-refractivity contribution in [2.45, 2.75) is 52.1 Å². The Morgan fingerprint density at radius 1 is 1.07 bits per heavy atom. The number of piperidine rings is 1. The van der Waals surface area contributed by atoms with Crippen LogP contribution in [0.2, 0.25) is 0 Å². The van der Waals surface area contributed by atoms with Crippen LogP contribution >= 0.6 is 0 Å². The Morgan fingerprint density at radius 2 is 1.72 bits per heavy atom. The molecule has 1 aliphatic heterocycles. The van der Waals surface area contributed by atoms with E-state index in [-0.39, 0.29) is 23.1 Å². The van der Waals surface area contributed by atoms with Crippen molar-refractivity contribution in [3.8, 4) is 5.69 Å². The van der Waals surface area contributed by atoms with E-state index in [1.807, 2.05) is 49.1 Å². The van der Waals surface area contributed by atoms with E-state index in [9.17, 15) is 14.4 Å². The van der Waals surface area contributed by atoms with Crippen molar-refractivity contribution in [1.29, 1.82) is 0 Å². The summed E-state index contributed by atoms with van der Waals surface area (Å²) in [6.45, 7) is 5.23. The van der Waals surface area contributed by atoms with Crippen LogP contribution in [0.4, 0.5) is 5.69 Å². The highest BCUT2D eigenvalue weighted by Crippen LogP contribution is 2.26. The average molecular weight is 396 g/mol. The molecule has 29 heavy (non-hydrogen) atoms. The number of hydrogen-bond donors (Lipinski definition) is 1. The number of amides is 1. The van der Waals surface area contributed by atoms with Gasteiger partial charge in [0.25, 0.3) is 5.56 Å². The normalized spacial score (nSPS) is 17.4. The Kier molecular flexibility index (Phi) is 5.30. The Hall–Kier alpha value is -2.83. The molecule has 2 heterocycles. The fraction of sp³-hybridized carbons (Fsp3) is 0.500. The molecule has 1 saturated heterocycles. The molecule has 2 fully saturated rings. The molecule has 0 atom stereocenters. The van der Waals surface area contributed by atoms with Crippen LogP contribution in [0.1, 0.15) is 38.3 Å². The lowest BCUT2D eigenvalue weighted by atomic mass is 9.95. The van der Waals surface area contributed by atoms with Gasteiger partial charge in [0.1, 0.15) is 5.69 Å². The number of hydrogen-bond acceptors (Lipinski definition) is 4. The van der Waals surface area contributed by atoms with Gasteiger partial charge in [-0.3, -0.25) is 18.7 Å². The zero-order valence-corrected chi connectivity index (χ0v) is 17.1. The summed E-state index contributed by atoms with van der Waals surface area (Å²) in [5, 5.41) is 3.09. The van der Waals surface area contributed by atoms with E-state index in [4.69, 9.17) is 0 Å². The molecular formula is C22H28N4O3. The lowest BCUT2D eigenvalue weighted by Crippen LogP contribution is -2.47. The average Bonchev–Trinajstić information content (AvgIpc) is 3.53.